The van der Waals surface area contributed by atoms with Gasteiger partial charge in [-0.3, -0.25) is 4.79 Å². The van der Waals surface area contributed by atoms with Crippen molar-refractivity contribution in [1.29, 1.82) is 0 Å². The summed E-state index contributed by atoms with van der Waals surface area (Å²) in [5, 5.41) is 3.29. The van der Waals surface area contributed by atoms with Gasteiger partial charge in [-0.25, -0.2) is 0 Å². The number of nitrogens with two attached hydrogens (primary N) is 1. The molecule has 0 atom stereocenters. The van der Waals surface area contributed by atoms with Gasteiger partial charge in [-0.05, 0) is 24.6 Å². The predicted octanol–water partition coefficient (Wildman–Crippen LogP) is 1.27. The first kappa shape index (κ1) is 12.4. The fraction of sp³-hybridized carbons (Fsp3) is 0.417. The smallest absolute Gasteiger partial charge is 0.250 e. The van der Waals surface area contributed by atoms with Gasteiger partial charge in [-0.2, -0.15) is 0 Å². The fourth-order valence-electron chi connectivity index (χ4n) is 2.03. The number of anilines is 1. The molecule has 1 heterocycles. The molecule has 5 heteroatoms. The van der Waals surface area contributed by atoms with E-state index in [1.165, 1.54) is 0 Å². The quantitative estimate of drug-likeness (QED) is 0.864. The molecule has 92 valence electrons. The lowest BCUT2D eigenvalue weighted by Gasteiger charge is -2.31. The van der Waals surface area contributed by atoms with E-state index >= 15 is 0 Å². The number of nitrogens with one attached hydrogen (secondary N) is 1. The molecule has 0 saturated carbocycles. The summed E-state index contributed by atoms with van der Waals surface area (Å²) in [6.45, 7) is 5.70. The number of halogens is 1. The van der Waals surface area contributed by atoms with Crippen LogP contribution in [0.3, 0.4) is 0 Å². The Hall–Kier alpha value is -1.07. The highest BCUT2D eigenvalue weighted by Gasteiger charge is 2.18. The maximum atomic E-state index is 11.5. The second kappa shape index (κ2) is 5.06. The van der Waals surface area contributed by atoms with Crippen LogP contribution in [0, 0.1) is 6.92 Å². The second-order valence-corrected chi connectivity index (χ2v) is 5.07. The third-order valence-electron chi connectivity index (χ3n) is 3.00. The maximum absolute atomic E-state index is 11.5. The number of hydrogen-bond acceptors (Lipinski definition) is 3. The van der Waals surface area contributed by atoms with E-state index in [0.717, 1.165) is 41.9 Å². The van der Waals surface area contributed by atoms with Crippen LogP contribution in [0.15, 0.2) is 16.6 Å². The van der Waals surface area contributed by atoms with Gasteiger partial charge in [0, 0.05) is 36.3 Å². The molecule has 1 aliphatic rings. The number of benzene rings is 1. The largest absolute Gasteiger partial charge is 0.368 e. The van der Waals surface area contributed by atoms with Crippen molar-refractivity contribution in [1.82, 2.24) is 5.32 Å². The first-order valence-electron chi connectivity index (χ1n) is 5.65. The lowest BCUT2D eigenvalue weighted by Crippen LogP contribution is -2.44. The summed E-state index contributed by atoms with van der Waals surface area (Å²) >= 11 is 3.43. The van der Waals surface area contributed by atoms with Crippen LogP contribution in [-0.4, -0.2) is 32.1 Å². The zero-order valence-corrected chi connectivity index (χ0v) is 11.4. The summed E-state index contributed by atoms with van der Waals surface area (Å²) in [6, 6.07) is 3.84. The Morgan fingerprint density at radius 1 is 1.41 bits per heavy atom. The monoisotopic (exact) mass is 297 g/mol. The minimum absolute atomic E-state index is 0.376. The Bertz CT molecular complexity index is 442. The van der Waals surface area contributed by atoms with Crippen LogP contribution >= 0.6 is 15.9 Å². The molecule has 1 fully saturated rings. The molecule has 1 amide bonds. The molecule has 0 unspecified atom stereocenters. The van der Waals surface area contributed by atoms with Crippen LogP contribution in [0.4, 0.5) is 5.69 Å². The first-order valence-corrected chi connectivity index (χ1v) is 6.44. The standard InChI is InChI=1S/C12H16BrN3O/c1-8-6-11(16-4-2-15-3-5-16)9(12(14)17)7-10(8)13/h6-7,15H,2-5H2,1H3,(H2,14,17). The molecule has 1 saturated heterocycles. The summed E-state index contributed by atoms with van der Waals surface area (Å²) < 4.78 is 0.921. The summed E-state index contributed by atoms with van der Waals surface area (Å²) in [5.74, 6) is -0.376. The Morgan fingerprint density at radius 3 is 2.65 bits per heavy atom. The number of rotatable bonds is 2. The number of piperazine rings is 1. The van der Waals surface area contributed by atoms with Crippen LogP contribution in [0.1, 0.15) is 15.9 Å². The zero-order valence-electron chi connectivity index (χ0n) is 9.79. The topological polar surface area (TPSA) is 58.4 Å². The fourth-order valence-corrected chi connectivity index (χ4v) is 2.37. The number of nitrogens with zero attached hydrogens (tertiary/aromatic N) is 1. The maximum Gasteiger partial charge on any atom is 0.250 e. The molecule has 3 N–H and O–H groups in total. The van der Waals surface area contributed by atoms with Crippen LogP contribution < -0.4 is 16.0 Å². The highest BCUT2D eigenvalue weighted by molar-refractivity contribution is 9.10. The van der Waals surface area contributed by atoms with Crippen LogP contribution in [-0.2, 0) is 0 Å². The summed E-state index contributed by atoms with van der Waals surface area (Å²) in [5.41, 5.74) is 8.08. The normalized spacial score (nSPS) is 16.0. The van der Waals surface area contributed by atoms with Gasteiger partial charge >= 0.3 is 0 Å². The highest BCUT2D eigenvalue weighted by Crippen LogP contribution is 2.28. The minimum atomic E-state index is -0.376. The van der Waals surface area contributed by atoms with Crippen molar-refractivity contribution in [3.8, 4) is 0 Å². The van der Waals surface area contributed by atoms with E-state index in [-0.39, 0.29) is 5.91 Å². The van der Waals surface area contributed by atoms with E-state index in [1.807, 2.05) is 19.1 Å². The number of hydrogen-bond donors (Lipinski definition) is 2. The average molecular weight is 298 g/mol. The van der Waals surface area contributed by atoms with Crippen LogP contribution in [0.2, 0.25) is 0 Å². The first-order chi connectivity index (χ1) is 8.09. The lowest BCUT2D eigenvalue weighted by molar-refractivity contribution is 0.100. The molecule has 1 aromatic carbocycles. The summed E-state index contributed by atoms with van der Waals surface area (Å²) in [7, 11) is 0. The van der Waals surface area contributed by atoms with Crippen molar-refractivity contribution in [2.45, 2.75) is 6.92 Å². The molecular weight excluding hydrogens is 282 g/mol. The molecule has 0 aromatic heterocycles. The van der Waals surface area contributed by atoms with E-state index in [2.05, 4.69) is 26.1 Å². The number of carbonyl (C=O) groups excluding carboxylic acids is 1. The minimum Gasteiger partial charge on any atom is -0.368 e. The van der Waals surface area contributed by atoms with E-state index in [1.54, 1.807) is 0 Å². The van der Waals surface area contributed by atoms with Crippen molar-refractivity contribution in [2.24, 2.45) is 5.73 Å². The molecule has 4 nitrogen and oxygen atoms in total. The highest BCUT2D eigenvalue weighted by atomic mass is 79.9. The van der Waals surface area contributed by atoms with E-state index in [0.29, 0.717) is 5.56 Å². The molecule has 2 rings (SSSR count). The zero-order chi connectivity index (χ0) is 12.4. The predicted molar refractivity (Wildman–Crippen MR) is 72.5 cm³/mol. The molecule has 1 aromatic rings. The van der Waals surface area contributed by atoms with Gasteiger partial charge < -0.3 is 16.0 Å². The van der Waals surface area contributed by atoms with Crippen molar-refractivity contribution >= 4 is 27.5 Å². The van der Waals surface area contributed by atoms with Crippen molar-refractivity contribution in [3.63, 3.8) is 0 Å². The van der Waals surface area contributed by atoms with Crippen molar-refractivity contribution in [2.75, 3.05) is 31.1 Å². The van der Waals surface area contributed by atoms with Gasteiger partial charge in [0.15, 0.2) is 0 Å². The molecule has 0 spiro atoms. The summed E-state index contributed by atoms with van der Waals surface area (Å²) in [4.78, 5) is 13.7. The van der Waals surface area contributed by atoms with Gasteiger partial charge in [0.2, 0.25) is 0 Å². The SMILES string of the molecule is Cc1cc(N2CCNCC2)c(C(N)=O)cc1Br. The van der Waals surface area contributed by atoms with Crippen LogP contribution in [0.25, 0.3) is 0 Å². The Labute approximate surface area is 109 Å². The van der Waals surface area contributed by atoms with Gasteiger partial charge in [0.25, 0.3) is 5.91 Å². The number of carbonyl (C=O) groups is 1. The average Bonchev–Trinajstić information content (AvgIpc) is 2.33. The number of aryl methyl sites for hydroxylation is 1. The lowest BCUT2D eigenvalue weighted by atomic mass is 10.1. The molecule has 0 bridgehead atoms. The number of primary amides is 1. The Kier molecular flexibility index (Phi) is 3.69. The van der Waals surface area contributed by atoms with E-state index in [4.69, 9.17) is 5.73 Å². The van der Waals surface area contributed by atoms with E-state index < -0.39 is 0 Å². The van der Waals surface area contributed by atoms with E-state index in [9.17, 15) is 4.79 Å². The third-order valence-corrected chi connectivity index (χ3v) is 3.85. The van der Waals surface area contributed by atoms with Crippen molar-refractivity contribution < 1.29 is 4.79 Å². The Balaban J connectivity index is 2.42. The third kappa shape index (κ3) is 2.61. The molecule has 1 aliphatic heterocycles. The molecule has 0 aliphatic carbocycles. The van der Waals surface area contributed by atoms with Gasteiger partial charge in [-0.15, -0.1) is 0 Å². The van der Waals surface area contributed by atoms with Crippen LogP contribution in [0.5, 0.6) is 0 Å². The Morgan fingerprint density at radius 2 is 2.06 bits per heavy atom. The van der Waals surface area contributed by atoms with Gasteiger partial charge in [-0.1, -0.05) is 15.9 Å². The van der Waals surface area contributed by atoms with Gasteiger partial charge in [0.1, 0.15) is 0 Å². The number of amides is 1. The molecule has 17 heavy (non-hydrogen) atoms. The molecular formula is C12H16BrN3O. The second-order valence-electron chi connectivity index (χ2n) is 4.22. The van der Waals surface area contributed by atoms with Crippen molar-refractivity contribution in [3.05, 3.63) is 27.7 Å². The summed E-state index contributed by atoms with van der Waals surface area (Å²) in [6.07, 6.45) is 0. The van der Waals surface area contributed by atoms with Gasteiger partial charge in [0.05, 0.1) is 5.56 Å². The molecule has 0 radical (unpaired) electrons.